The molecule has 1 aliphatic rings. The summed E-state index contributed by atoms with van der Waals surface area (Å²) in [7, 11) is 1.54. The van der Waals surface area contributed by atoms with E-state index in [0.29, 0.717) is 35.7 Å². The predicted molar refractivity (Wildman–Crippen MR) is 129 cm³/mol. The van der Waals surface area contributed by atoms with Crippen molar-refractivity contribution in [3.8, 4) is 11.5 Å². The number of hydrogen-bond acceptors (Lipinski definition) is 4. The molecule has 6 nitrogen and oxygen atoms in total. The second-order valence-electron chi connectivity index (χ2n) is 8.32. The highest BCUT2D eigenvalue weighted by atomic mass is 19.1. The zero-order valence-corrected chi connectivity index (χ0v) is 19.0. The average molecular weight is 463 g/mol. The van der Waals surface area contributed by atoms with Crippen LogP contribution in [0.3, 0.4) is 0 Å². The number of ether oxygens (including phenoxy) is 2. The monoisotopic (exact) mass is 462 g/mol. The van der Waals surface area contributed by atoms with Crippen LogP contribution in [0.1, 0.15) is 31.2 Å². The lowest BCUT2D eigenvalue weighted by molar-refractivity contribution is -0.121. The molecule has 0 atom stereocenters. The molecule has 7 heteroatoms. The van der Waals surface area contributed by atoms with Crippen molar-refractivity contribution in [3.05, 3.63) is 84.2 Å². The Morgan fingerprint density at radius 3 is 2.21 bits per heavy atom. The van der Waals surface area contributed by atoms with Gasteiger partial charge in [-0.05, 0) is 60.9 Å². The molecule has 1 saturated carbocycles. The number of para-hydroxylation sites is 2. The number of amides is 2. The van der Waals surface area contributed by atoms with E-state index in [1.165, 1.54) is 19.2 Å². The minimum absolute atomic E-state index is 0.125. The van der Waals surface area contributed by atoms with E-state index >= 15 is 0 Å². The van der Waals surface area contributed by atoms with Crippen LogP contribution in [0.25, 0.3) is 0 Å². The molecule has 0 radical (unpaired) electrons. The van der Waals surface area contributed by atoms with Crippen molar-refractivity contribution in [3.63, 3.8) is 0 Å². The lowest BCUT2D eigenvalue weighted by Gasteiger charge is -2.28. The molecule has 176 valence electrons. The van der Waals surface area contributed by atoms with Crippen molar-refractivity contribution in [2.24, 2.45) is 0 Å². The Labute approximate surface area is 198 Å². The van der Waals surface area contributed by atoms with Crippen molar-refractivity contribution in [2.75, 3.05) is 24.4 Å². The van der Waals surface area contributed by atoms with Crippen molar-refractivity contribution in [1.82, 2.24) is 0 Å². The average Bonchev–Trinajstić information content (AvgIpc) is 3.35. The molecule has 0 heterocycles. The van der Waals surface area contributed by atoms with E-state index in [9.17, 15) is 14.0 Å². The number of methoxy groups -OCH3 is 1. The number of carbonyl (C=O) groups is 2. The molecule has 2 amide bonds. The number of rotatable bonds is 8. The van der Waals surface area contributed by atoms with Crippen LogP contribution in [-0.2, 0) is 15.0 Å². The number of hydrogen-bond donors (Lipinski definition) is 2. The maximum Gasteiger partial charge on any atom is 0.262 e. The van der Waals surface area contributed by atoms with Crippen molar-refractivity contribution >= 4 is 23.2 Å². The van der Waals surface area contributed by atoms with Gasteiger partial charge in [0, 0.05) is 11.4 Å². The molecule has 1 fully saturated rings. The third-order valence-electron chi connectivity index (χ3n) is 6.12. The van der Waals surface area contributed by atoms with Crippen LogP contribution in [0.2, 0.25) is 0 Å². The number of benzene rings is 3. The standard InChI is InChI=1S/C27H27FN2O4/c1-33-23-9-2-3-10-24(23)34-18-25(31)29-21-7-6-8-22(17-21)30-26(32)27(15-4-5-16-27)19-11-13-20(28)14-12-19/h2-3,6-14,17H,4-5,15-16,18H2,1H3,(H,29,31)(H,30,32). The first-order chi connectivity index (χ1) is 16.5. The quantitative estimate of drug-likeness (QED) is 0.476. The molecule has 1 aliphatic carbocycles. The van der Waals surface area contributed by atoms with Gasteiger partial charge in [-0.1, -0.05) is 43.2 Å². The van der Waals surface area contributed by atoms with E-state index in [2.05, 4.69) is 10.6 Å². The Balaban J connectivity index is 1.41. The van der Waals surface area contributed by atoms with Crippen LogP contribution in [-0.4, -0.2) is 25.5 Å². The summed E-state index contributed by atoms with van der Waals surface area (Å²) in [6.45, 7) is -0.190. The summed E-state index contributed by atoms with van der Waals surface area (Å²) in [4.78, 5) is 25.7. The Morgan fingerprint density at radius 2 is 1.53 bits per heavy atom. The highest BCUT2D eigenvalue weighted by molar-refractivity contribution is 6.00. The second kappa shape index (κ2) is 10.4. The lowest BCUT2D eigenvalue weighted by Crippen LogP contribution is -2.38. The molecule has 34 heavy (non-hydrogen) atoms. The van der Waals surface area contributed by atoms with E-state index in [4.69, 9.17) is 9.47 Å². The zero-order chi connectivity index (χ0) is 24.0. The van der Waals surface area contributed by atoms with Crippen molar-refractivity contribution in [1.29, 1.82) is 0 Å². The van der Waals surface area contributed by atoms with Gasteiger partial charge >= 0.3 is 0 Å². The van der Waals surface area contributed by atoms with Gasteiger partial charge in [0.15, 0.2) is 18.1 Å². The second-order valence-corrected chi connectivity index (χ2v) is 8.32. The molecule has 0 unspecified atom stereocenters. The Kier molecular flexibility index (Phi) is 7.11. The third-order valence-corrected chi connectivity index (χ3v) is 6.12. The molecule has 3 aromatic carbocycles. The van der Waals surface area contributed by atoms with Crippen LogP contribution in [0.4, 0.5) is 15.8 Å². The van der Waals surface area contributed by atoms with Gasteiger partial charge in [-0.25, -0.2) is 4.39 Å². The van der Waals surface area contributed by atoms with Crippen LogP contribution in [0.15, 0.2) is 72.8 Å². The Hall–Kier alpha value is -3.87. The van der Waals surface area contributed by atoms with Gasteiger partial charge in [0.25, 0.3) is 5.91 Å². The van der Waals surface area contributed by atoms with Gasteiger partial charge in [0.1, 0.15) is 5.82 Å². The van der Waals surface area contributed by atoms with Gasteiger partial charge in [-0.15, -0.1) is 0 Å². The van der Waals surface area contributed by atoms with E-state index in [0.717, 1.165) is 18.4 Å². The first-order valence-corrected chi connectivity index (χ1v) is 11.2. The summed E-state index contributed by atoms with van der Waals surface area (Å²) >= 11 is 0. The maximum atomic E-state index is 13.4. The van der Waals surface area contributed by atoms with Crippen LogP contribution in [0.5, 0.6) is 11.5 Å². The van der Waals surface area contributed by atoms with Crippen LogP contribution >= 0.6 is 0 Å². The Bertz CT molecular complexity index is 1160. The topological polar surface area (TPSA) is 76.7 Å². The van der Waals surface area contributed by atoms with Gasteiger partial charge < -0.3 is 20.1 Å². The molecule has 0 bridgehead atoms. The fourth-order valence-corrected chi connectivity index (χ4v) is 4.40. The van der Waals surface area contributed by atoms with Crippen LogP contribution in [0, 0.1) is 5.82 Å². The fourth-order valence-electron chi connectivity index (χ4n) is 4.40. The molecule has 0 spiro atoms. The van der Waals surface area contributed by atoms with E-state index in [1.807, 2.05) is 6.07 Å². The number of halogens is 1. The van der Waals surface area contributed by atoms with Crippen molar-refractivity contribution < 1.29 is 23.5 Å². The van der Waals surface area contributed by atoms with E-state index in [1.54, 1.807) is 54.6 Å². The minimum Gasteiger partial charge on any atom is -0.493 e. The summed E-state index contributed by atoms with van der Waals surface area (Å²) in [6.07, 6.45) is 3.29. The largest absolute Gasteiger partial charge is 0.493 e. The highest BCUT2D eigenvalue weighted by Crippen LogP contribution is 2.42. The van der Waals surface area contributed by atoms with Gasteiger partial charge in [0.2, 0.25) is 5.91 Å². The van der Waals surface area contributed by atoms with Crippen molar-refractivity contribution in [2.45, 2.75) is 31.1 Å². The van der Waals surface area contributed by atoms with Gasteiger partial charge in [-0.2, -0.15) is 0 Å². The first kappa shape index (κ1) is 23.3. The first-order valence-electron chi connectivity index (χ1n) is 11.2. The predicted octanol–water partition coefficient (Wildman–Crippen LogP) is 5.30. The lowest BCUT2D eigenvalue weighted by atomic mass is 9.78. The molecule has 0 aromatic heterocycles. The zero-order valence-electron chi connectivity index (χ0n) is 19.0. The fraction of sp³-hybridized carbons (Fsp3) is 0.259. The highest BCUT2D eigenvalue weighted by Gasteiger charge is 2.42. The number of carbonyl (C=O) groups excluding carboxylic acids is 2. The molecular formula is C27H27FN2O4. The summed E-state index contributed by atoms with van der Waals surface area (Å²) < 4.78 is 24.2. The Morgan fingerprint density at radius 1 is 0.882 bits per heavy atom. The molecule has 4 rings (SSSR count). The molecule has 2 N–H and O–H groups in total. The SMILES string of the molecule is COc1ccccc1OCC(=O)Nc1cccc(NC(=O)C2(c3ccc(F)cc3)CCCC2)c1. The minimum atomic E-state index is -0.685. The normalized spacial score (nSPS) is 14.3. The van der Waals surface area contributed by atoms with E-state index < -0.39 is 5.41 Å². The van der Waals surface area contributed by atoms with Gasteiger partial charge in [-0.3, -0.25) is 9.59 Å². The van der Waals surface area contributed by atoms with Gasteiger partial charge in [0.05, 0.1) is 12.5 Å². The summed E-state index contributed by atoms with van der Waals surface area (Å²) in [5, 5.41) is 5.78. The van der Waals surface area contributed by atoms with Crippen LogP contribution < -0.4 is 20.1 Å². The smallest absolute Gasteiger partial charge is 0.262 e. The molecular weight excluding hydrogens is 435 g/mol. The summed E-state index contributed by atoms with van der Waals surface area (Å²) in [5.41, 5.74) is 1.24. The summed E-state index contributed by atoms with van der Waals surface area (Å²) in [6, 6.07) is 20.2. The maximum absolute atomic E-state index is 13.4. The third kappa shape index (κ3) is 5.20. The number of nitrogens with one attached hydrogen (secondary N) is 2. The number of anilines is 2. The molecule has 0 aliphatic heterocycles. The molecule has 0 saturated heterocycles. The molecule has 3 aromatic rings. The summed E-state index contributed by atoms with van der Waals surface area (Å²) in [5.74, 6) is 0.230. The van der Waals surface area contributed by atoms with E-state index in [-0.39, 0.29) is 24.2 Å².